The van der Waals surface area contributed by atoms with Crippen molar-refractivity contribution in [2.24, 2.45) is 5.73 Å². The van der Waals surface area contributed by atoms with Crippen LogP contribution in [0.5, 0.6) is 0 Å². The lowest BCUT2D eigenvalue weighted by Crippen LogP contribution is -1.96. The van der Waals surface area contributed by atoms with Crippen LogP contribution in [-0.2, 0) is 6.54 Å². The van der Waals surface area contributed by atoms with E-state index in [1.165, 1.54) is 0 Å². The second-order valence-corrected chi connectivity index (χ2v) is 3.39. The van der Waals surface area contributed by atoms with Gasteiger partial charge in [0.05, 0.1) is 0 Å². The first-order chi connectivity index (χ1) is 5.81. The summed E-state index contributed by atoms with van der Waals surface area (Å²) >= 11 is 3.37. The van der Waals surface area contributed by atoms with Crippen LogP contribution in [0.2, 0.25) is 0 Å². The molecule has 0 fully saturated rings. The molecule has 1 heterocycles. The van der Waals surface area contributed by atoms with E-state index in [0.29, 0.717) is 6.54 Å². The van der Waals surface area contributed by atoms with E-state index in [1.807, 2.05) is 18.2 Å². The van der Waals surface area contributed by atoms with E-state index in [4.69, 9.17) is 10.3 Å². The lowest BCUT2D eigenvalue weighted by Gasteiger charge is -1.90. The average Bonchev–Trinajstić information content (AvgIpc) is 2.46. The molecule has 0 radical (unpaired) electrons. The topological polar surface area (TPSA) is 52.0 Å². The first-order valence-electron chi connectivity index (χ1n) is 3.55. The molecule has 0 atom stereocenters. The first-order valence-corrected chi connectivity index (χ1v) is 4.34. The predicted octanol–water partition coefficient (Wildman–Crippen LogP) is 2.05. The fourth-order valence-electron chi connectivity index (χ4n) is 1.11. The van der Waals surface area contributed by atoms with Crippen LogP contribution in [0.1, 0.15) is 5.69 Å². The summed E-state index contributed by atoms with van der Waals surface area (Å²) in [5.41, 5.74) is 7.05. The second kappa shape index (κ2) is 2.88. The number of halogens is 1. The molecule has 12 heavy (non-hydrogen) atoms. The monoisotopic (exact) mass is 226 g/mol. The van der Waals surface area contributed by atoms with Crippen LogP contribution < -0.4 is 5.73 Å². The Morgan fingerprint density at radius 3 is 3.08 bits per heavy atom. The van der Waals surface area contributed by atoms with E-state index in [-0.39, 0.29) is 0 Å². The SMILES string of the molecule is NCc1noc2ccc(Br)cc12. The van der Waals surface area contributed by atoms with Crippen molar-refractivity contribution in [2.75, 3.05) is 0 Å². The Balaban J connectivity index is 2.75. The van der Waals surface area contributed by atoms with Gasteiger partial charge >= 0.3 is 0 Å². The average molecular weight is 227 g/mol. The smallest absolute Gasteiger partial charge is 0.167 e. The van der Waals surface area contributed by atoms with Gasteiger partial charge in [-0.2, -0.15) is 0 Å². The van der Waals surface area contributed by atoms with Crippen LogP contribution in [0.3, 0.4) is 0 Å². The van der Waals surface area contributed by atoms with Gasteiger partial charge in [0.2, 0.25) is 0 Å². The molecule has 1 aromatic carbocycles. The van der Waals surface area contributed by atoms with Crippen molar-refractivity contribution in [3.63, 3.8) is 0 Å². The number of aromatic nitrogens is 1. The highest BCUT2D eigenvalue weighted by molar-refractivity contribution is 9.10. The molecule has 0 bridgehead atoms. The lowest BCUT2D eigenvalue weighted by molar-refractivity contribution is 0.446. The van der Waals surface area contributed by atoms with Crippen LogP contribution >= 0.6 is 15.9 Å². The zero-order valence-corrected chi connectivity index (χ0v) is 7.84. The summed E-state index contributed by atoms with van der Waals surface area (Å²) in [5, 5.41) is 4.81. The van der Waals surface area contributed by atoms with Gasteiger partial charge in [0.25, 0.3) is 0 Å². The molecule has 4 heteroatoms. The molecule has 2 N–H and O–H groups in total. The molecule has 0 saturated carbocycles. The van der Waals surface area contributed by atoms with Gasteiger partial charge in [0.15, 0.2) is 5.58 Å². The van der Waals surface area contributed by atoms with Crippen molar-refractivity contribution in [3.8, 4) is 0 Å². The van der Waals surface area contributed by atoms with Crippen molar-refractivity contribution in [3.05, 3.63) is 28.4 Å². The summed E-state index contributed by atoms with van der Waals surface area (Å²) in [6.45, 7) is 0.406. The maximum Gasteiger partial charge on any atom is 0.167 e. The molecule has 62 valence electrons. The molecule has 0 aliphatic heterocycles. The van der Waals surface area contributed by atoms with Gasteiger partial charge in [0.1, 0.15) is 5.69 Å². The predicted molar refractivity (Wildman–Crippen MR) is 49.6 cm³/mol. The molecule has 2 aromatic rings. The summed E-state index contributed by atoms with van der Waals surface area (Å²) in [7, 11) is 0. The molecule has 0 unspecified atom stereocenters. The highest BCUT2D eigenvalue weighted by Gasteiger charge is 2.05. The van der Waals surface area contributed by atoms with Gasteiger partial charge < -0.3 is 10.3 Å². The van der Waals surface area contributed by atoms with Crippen LogP contribution in [0.4, 0.5) is 0 Å². The van der Waals surface area contributed by atoms with Gasteiger partial charge in [-0.25, -0.2) is 0 Å². The van der Waals surface area contributed by atoms with Crippen molar-refractivity contribution in [2.45, 2.75) is 6.54 Å². The molecule has 3 nitrogen and oxygen atoms in total. The molecule has 0 saturated heterocycles. The standard InChI is InChI=1S/C8H7BrN2O/c9-5-1-2-8-6(3-5)7(4-10)11-12-8/h1-3H,4,10H2. The fraction of sp³-hybridized carbons (Fsp3) is 0.125. The van der Waals surface area contributed by atoms with Crippen molar-refractivity contribution in [1.82, 2.24) is 5.16 Å². The Hall–Kier alpha value is -0.870. The van der Waals surface area contributed by atoms with Crippen LogP contribution in [0.15, 0.2) is 27.2 Å². The molecule has 0 amide bonds. The summed E-state index contributed by atoms with van der Waals surface area (Å²) < 4.78 is 6.05. The van der Waals surface area contributed by atoms with E-state index >= 15 is 0 Å². The van der Waals surface area contributed by atoms with Gasteiger partial charge in [-0.1, -0.05) is 21.1 Å². The lowest BCUT2D eigenvalue weighted by atomic mass is 10.2. The first kappa shape index (κ1) is 7.76. The Morgan fingerprint density at radius 2 is 2.33 bits per heavy atom. The fourth-order valence-corrected chi connectivity index (χ4v) is 1.47. The largest absolute Gasteiger partial charge is 0.356 e. The minimum atomic E-state index is 0.406. The van der Waals surface area contributed by atoms with Crippen molar-refractivity contribution in [1.29, 1.82) is 0 Å². The number of nitrogens with two attached hydrogens (primary N) is 1. The summed E-state index contributed by atoms with van der Waals surface area (Å²) in [6, 6.07) is 5.73. The highest BCUT2D eigenvalue weighted by Crippen LogP contribution is 2.22. The normalized spacial score (nSPS) is 10.8. The molecular weight excluding hydrogens is 220 g/mol. The van der Waals surface area contributed by atoms with Crippen molar-refractivity contribution >= 4 is 26.9 Å². The van der Waals surface area contributed by atoms with Crippen LogP contribution in [-0.4, -0.2) is 5.16 Å². The van der Waals surface area contributed by atoms with Gasteiger partial charge in [-0.15, -0.1) is 0 Å². The molecule has 2 rings (SSSR count). The second-order valence-electron chi connectivity index (χ2n) is 2.47. The molecular formula is C8H7BrN2O. The number of benzene rings is 1. The highest BCUT2D eigenvalue weighted by atomic mass is 79.9. The Labute approximate surface area is 77.7 Å². The zero-order valence-electron chi connectivity index (χ0n) is 6.25. The summed E-state index contributed by atoms with van der Waals surface area (Å²) in [5.74, 6) is 0. The zero-order chi connectivity index (χ0) is 8.55. The Morgan fingerprint density at radius 1 is 1.50 bits per heavy atom. The summed E-state index contributed by atoms with van der Waals surface area (Å²) in [6.07, 6.45) is 0. The number of nitrogens with zero attached hydrogens (tertiary/aromatic N) is 1. The third-order valence-electron chi connectivity index (χ3n) is 1.70. The van der Waals surface area contributed by atoms with E-state index in [0.717, 1.165) is 21.1 Å². The maximum absolute atomic E-state index is 5.47. The molecule has 0 aliphatic carbocycles. The Bertz CT molecular complexity index is 410. The van der Waals surface area contributed by atoms with Gasteiger partial charge in [-0.3, -0.25) is 0 Å². The number of fused-ring (bicyclic) bond motifs is 1. The number of hydrogen-bond acceptors (Lipinski definition) is 3. The van der Waals surface area contributed by atoms with E-state index in [9.17, 15) is 0 Å². The van der Waals surface area contributed by atoms with Gasteiger partial charge in [0, 0.05) is 16.4 Å². The van der Waals surface area contributed by atoms with E-state index in [1.54, 1.807) is 0 Å². The number of hydrogen-bond donors (Lipinski definition) is 1. The third kappa shape index (κ3) is 1.13. The Kier molecular flexibility index (Phi) is 1.86. The van der Waals surface area contributed by atoms with Crippen LogP contribution in [0.25, 0.3) is 11.0 Å². The van der Waals surface area contributed by atoms with E-state index in [2.05, 4.69) is 21.1 Å². The molecule has 0 aliphatic rings. The molecule has 0 spiro atoms. The third-order valence-corrected chi connectivity index (χ3v) is 2.19. The van der Waals surface area contributed by atoms with Gasteiger partial charge in [-0.05, 0) is 18.2 Å². The maximum atomic E-state index is 5.47. The summed E-state index contributed by atoms with van der Waals surface area (Å²) in [4.78, 5) is 0. The number of rotatable bonds is 1. The van der Waals surface area contributed by atoms with E-state index < -0.39 is 0 Å². The van der Waals surface area contributed by atoms with Crippen molar-refractivity contribution < 1.29 is 4.52 Å². The quantitative estimate of drug-likeness (QED) is 0.810. The minimum absolute atomic E-state index is 0.406. The van der Waals surface area contributed by atoms with Crippen LogP contribution in [0, 0.1) is 0 Å². The molecule has 1 aromatic heterocycles. The minimum Gasteiger partial charge on any atom is -0.356 e.